The van der Waals surface area contributed by atoms with Crippen LogP contribution in [0.5, 0.6) is 0 Å². The van der Waals surface area contributed by atoms with Crippen LogP contribution in [0.4, 0.5) is 0 Å². The van der Waals surface area contributed by atoms with Crippen LogP contribution in [0.3, 0.4) is 0 Å². The zero-order chi connectivity index (χ0) is 17.4. The monoisotopic (exact) mass is 355 g/mol. The highest BCUT2D eigenvalue weighted by Gasteiger charge is 2.36. The Kier molecular flexibility index (Phi) is 3.80. The summed E-state index contributed by atoms with van der Waals surface area (Å²) in [5.41, 5.74) is 2.12. The van der Waals surface area contributed by atoms with Crippen LogP contribution in [0.15, 0.2) is 59.8 Å². The third-order valence-corrected chi connectivity index (χ3v) is 6.80. The molecule has 0 spiro atoms. The van der Waals surface area contributed by atoms with Crippen LogP contribution in [0.1, 0.15) is 16.8 Å². The zero-order valence-electron chi connectivity index (χ0n) is 13.4. The molecule has 25 heavy (non-hydrogen) atoms. The minimum Gasteiger partial charge on any atom is -0.345 e. The van der Waals surface area contributed by atoms with Crippen molar-refractivity contribution in [2.75, 3.05) is 13.1 Å². The standard InChI is InChI=1S/C18H17N3O3S/c22-18(13-6-7-16-17(10-13)20-12-19-16)21-9-8-15(11-21)25(23,24)14-4-2-1-3-5-14/h1-7,10,12,15H,8-9,11H2,(H,19,20). The quantitative estimate of drug-likeness (QED) is 0.781. The van der Waals surface area contributed by atoms with Crippen molar-refractivity contribution in [3.63, 3.8) is 0 Å². The third-order valence-electron chi connectivity index (χ3n) is 4.61. The Labute approximate surface area is 145 Å². The number of hydrogen-bond acceptors (Lipinski definition) is 4. The number of fused-ring (bicyclic) bond motifs is 1. The second-order valence-corrected chi connectivity index (χ2v) is 8.38. The minimum absolute atomic E-state index is 0.151. The van der Waals surface area contributed by atoms with Crippen LogP contribution >= 0.6 is 0 Å². The first kappa shape index (κ1) is 15.8. The van der Waals surface area contributed by atoms with Crippen molar-refractivity contribution in [2.45, 2.75) is 16.6 Å². The molecule has 6 nitrogen and oxygen atoms in total. The van der Waals surface area contributed by atoms with Crippen molar-refractivity contribution in [3.8, 4) is 0 Å². The van der Waals surface area contributed by atoms with Crippen LogP contribution in [0, 0.1) is 0 Å². The van der Waals surface area contributed by atoms with Gasteiger partial charge in [0.05, 0.1) is 27.5 Å². The molecule has 128 valence electrons. The Balaban J connectivity index is 1.54. The van der Waals surface area contributed by atoms with E-state index in [9.17, 15) is 13.2 Å². The van der Waals surface area contributed by atoms with E-state index in [-0.39, 0.29) is 12.5 Å². The van der Waals surface area contributed by atoms with Gasteiger partial charge in [0.2, 0.25) is 0 Å². The van der Waals surface area contributed by atoms with Crippen molar-refractivity contribution in [3.05, 3.63) is 60.4 Å². The number of hydrogen-bond donors (Lipinski definition) is 1. The maximum Gasteiger partial charge on any atom is 0.253 e. The summed E-state index contributed by atoms with van der Waals surface area (Å²) in [5, 5.41) is -0.560. The SMILES string of the molecule is O=C(c1ccc2nc[nH]c2c1)N1CCC(S(=O)(=O)c2ccccc2)C1. The lowest BCUT2D eigenvalue weighted by atomic mass is 10.2. The highest BCUT2D eigenvalue weighted by Crippen LogP contribution is 2.25. The van der Waals surface area contributed by atoms with Gasteiger partial charge in [-0.25, -0.2) is 13.4 Å². The van der Waals surface area contributed by atoms with E-state index in [1.807, 2.05) is 0 Å². The van der Waals surface area contributed by atoms with Gasteiger partial charge in [0.25, 0.3) is 5.91 Å². The van der Waals surface area contributed by atoms with Crippen molar-refractivity contribution in [1.29, 1.82) is 0 Å². The molecule has 0 aliphatic carbocycles. The Morgan fingerprint density at radius 3 is 2.76 bits per heavy atom. The van der Waals surface area contributed by atoms with Crippen molar-refractivity contribution in [1.82, 2.24) is 14.9 Å². The fourth-order valence-corrected chi connectivity index (χ4v) is 4.93. The third kappa shape index (κ3) is 2.80. The molecule has 2 aromatic carbocycles. The molecule has 0 bridgehead atoms. The second kappa shape index (κ2) is 6.00. The Morgan fingerprint density at radius 2 is 1.96 bits per heavy atom. The van der Waals surface area contributed by atoms with Gasteiger partial charge in [-0.3, -0.25) is 4.79 Å². The molecule has 1 amide bonds. The number of carbonyl (C=O) groups is 1. The largest absolute Gasteiger partial charge is 0.345 e. The van der Waals surface area contributed by atoms with Crippen LogP contribution in [0.25, 0.3) is 11.0 Å². The van der Waals surface area contributed by atoms with E-state index >= 15 is 0 Å². The van der Waals surface area contributed by atoms with E-state index in [1.54, 1.807) is 59.8 Å². The van der Waals surface area contributed by atoms with Gasteiger partial charge in [-0.15, -0.1) is 0 Å². The number of nitrogens with one attached hydrogen (secondary N) is 1. The first-order valence-corrected chi connectivity index (χ1v) is 9.62. The Hall–Kier alpha value is -2.67. The smallest absolute Gasteiger partial charge is 0.253 e. The lowest BCUT2D eigenvalue weighted by molar-refractivity contribution is 0.0793. The van der Waals surface area contributed by atoms with Gasteiger partial charge in [0.1, 0.15) is 0 Å². The molecule has 1 aliphatic heterocycles. The van der Waals surface area contributed by atoms with Crippen molar-refractivity contribution in [2.24, 2.45) is 0 Å². The van der Waals surface area contributed by atoms with Gasteiger partial charge >= 0.3 is 0 Å². The summed E-state index contributed by atoms with van der Waals surface area (Å²) in [7, 11) is -3.42. The number of likely N-dealkylation sites (tertiary alicyclic amines) is 1. The summed E-state index contributed by atoms with van der Waals surface area (Å²) >= 11 is 0. The van der Waals surface area contributed by atoms with E-state index in [0.29, 0.717) is 23.4 Å². The maximum atomic E-state index is 12.7. The number of aromatic amines is 1. The molecule has 1 aliphatic rings. The molecule has 1 N–H and O–H groups in total. The van der Waals surface area contributed by atoms with E-state index < -0.39 is 15.1 Å². The molecule has 7 heteroatoms. The first-order chi connectivity index (χ1) is 12.1. The summed E-state index contributed by atoms with van der Waals surface area (Å²) < 4.78 is 25.5. The maximum absolute atomic E-state index is 12.7. The lowest BCUT2D eigenvalue weighted by Gasteiger charge is -2.17. The molecular weight excluding hydrogens is 338 g/mol. The predicted molar refractivity (Wildman–Crippen MR) is 94.0 cm³/mol. The van der Waals surface area contributed by atoms with Gasteiger partial charge in [0.15, 0.2) is 9.84 Å². The van der Waals surface area contributed by atoms with Crippen LogP contribution in [-0.4, -0.2) is 47.5 Å². The van der Waals surface area contributed by atoms with E-state index in [4.69, 9.17) is 0 Å². The summed E-state index contributed by atoms with van der Waals surface area (Å²) in [6, 6.07) is 13.7. The number of sulfone groups is 1. The van der Waals surface area contributed by atoms with Crippen molar-refractivity contribution >= 4 is 26.8 Å². The molecule has 1 unspecified atom stereocenters. The van der Waals surface area contributed by atoms with Gasteiger partial charge in [-0.05, 0) is 36.8 Å². The van der Waals surface area contributed by atoms with Gasteiger partial charge in [0, 0.05) is 18.7 Å². The van der Waals surface area contributed by atoms with E-state index in [0.717, 1.165) is 11.0 Å². The number of nitrogens with zero attached hydrogens (tertiary/aromatic N) is 2. The predicted octanol–water partition coefficient (Wildman–Crippen LogP) is 2.25. The molecule has 3 aromatic rings. The first-order valence-electron chi connectivity index (χ1n) is 8.07. The topological polar surface area (TPSA) is 83.1 Å². The molecule has 1 aromatic heterocycles. The average molecular weight is 355 g/mol. The van der Waals surface area contributed by atoms with Gasteiger partial charge in [-0.2, -0.15) is 0 Å². The number of H-pyrrole nitrogens is 1. The number of carbonyl (C=O) groups excluding carboxylic acids is 1. The highest BCUT2D eigenvalue weighted by molar-refractivity contribution is 7.92. The average Bonchev–Trinajstić information content (AvgIpc) is 3.31. The number of rotatable bonds is 3. The van der Waals surface area contributed by atoms with Crippen LogP contribution in [0.2, 0.25) is 0 Å². The number of amides is 1. The molecule has 4 rings (SSSR count). The van der Waals surface area contributed by atoms with E-state index in [2.05, 4.69) is 9.97 Å². The molecule has 1 saturated heterocycles. The zero-order valence-corrected chi connectivity index (χ0v) is 14.2. The summed E-state index contributed by atoms with van der Waals surface area (Å²) in [6.45, 7) is 0.660. The molecule has 1 atom stereocenters. The second-order valence-electron chi connectivity index (χ2n) is 6.15. The molecule has 2 heterocycles. The number of imidazole rings is 1. The highest BCUT2D eigenvalue weighted by atomic mass is 32.2. The normalized spacial score (nSPS) is 17.9. The molecule has 0 radical (unpaired) electrons. The Morgan fingerprint density at radius 1 is 1.16 bits per heavy atom. The van der Waals surface area contributed by atoms with Crippen LogP contribution < -0.4 is 0 Å². The summed E-state index contributed by atoms with van der Waals surface area (Å²) in [4.78, 5) is 21.8. The Bertz CT molecular complexity index is 1030. The minimum atomic E-state index is -3.42. The van der Waals surface area contributed by atoms with Crippen molar-refractivity contribution < 1.29 is 13.2 Å². The molecule has 1 fully saturated rings. The number of aromatic nitrogens is 2. The molecule has 0 saturated carbocycles. The lowest BCUT2D eigenvalue weighted by Crippen LogP contribution is -2.31. The fourth-order valence-electron chi connectivity index (χ4n) is 3.22. The summed E-state index contributed by atoms with van der Waals surface area (Å²) in [5.74, 6) is -0.151. The molecular formula is C18H17N3O3S. The fraction of sp³-hybridized carbons (Fsp3) is 0.222. The van der Waals surface area contributed by atoms with Crippen LogP contribution in [-0.2, 0) is 9.84 Å². The summed E-state index contributed by atoms with van der Waals surface area (Å²) in [6.07, 6.45) is 2.03. The van der Waals surface area contributed by atoms with Gasteiger partial charge in [-0.1, -0.05) is 18.2 Å². The van der Waals surface area contributed by atoms with Gasteiger partial charge < -0.3 is 9.88 Å². The number of benzene rings is 2. The van der Waals surface area contributed by atoms with E-state index in [1.165, 1.54) is 0 Å².